The lowest BCUT2D eigenvalue weighted by molar-refractivity contribution is -0.132. The number of anilines is 1. The zero-order valence-electron chi connectivity index (χ0n) is 17.9. The van der Waals surface area contributed by atoms with Crippen LogP contribution < -0.4 is 4.90 Å². The van der Waals surface area contributed by atoms with Crippen LogP contribution in [0, 0.1) is 12.8 Å². The molecule has 2 fully saturated rings. The van der Waals surface area contributed by atoms with Crippen molar-refractivity contribution >= 4 is 21.6 Å². The number of hydrogen-bond acceptors (Lipinski definition) is 6. The molecule has 0 N–H and O–H groups in total. The number of aryl methyl sites for hydroxylation is 1. The van der Waals surface area contributed by atoms with Gasteiger partial charge in [-0.3, -0.25) is 4.79 Å². The maximum Gasteiger partial charge on any atom is 0.236 e. The van der Waals surface area contributed by atoms with Crippen LogP contribution in [0.1, 0.15) is 18.4 Å². The molecule has 0 bridgehead atoms. The van der Waals surface area contributed by atoms with Gasteiger partial charge in [0.1, 0.15) is 0 Å². The van der Waals surface area contributed by atoms with Crippen molar-refractivity contribution in [2.45, 2.75) is 29.7 Å². The fourth-order valence-corrected chi connectivity index (χ4v) is 5.26. The van der Waals surface area contributed by atoms with Gasteiger partial charge in [0.2, 0.25) is 32.5 Å². The molecule has 1 aliphatic carbocycles. The molecule has 1 amide bonds. The molecule has 7 nitrogen and oxygen atoms in total. The Hall–Kier alpha value is -3.13. The number of benzene rings is 2. The SMILES string of the molecule is Cc1ccc(-c2nc(S(=O)(=O)c3ccccc3)c(N3CCN(C(=O)C4CC4)CC3)o2)cc1. The van der Waals surface area contributed by atoms with Crippen molar-refractivity contribution < 1.29 is 17.6 Å². The second kappa shape index (κ2) is 8.09. The van der Waals surface area contributed by atoms with Crippen LogP contribution >= 0.6 is 0 Å². The number of carbonyl (C=O) groups is 1. The predicted octanol–water partition coefficient (Wildman–Crippen LogP) is 3.54. The van der Waals surface area contributed by atoms with Gasteiger partial charge in [0.25, 0.3) is 0 Å². The van der Waals surface area contributed by atoms with Crippen molar-refractivity contribution in [1.29, 1.82) is 0 Å². The van der Waals surface area contributed by atoms with Crippen LogP contribution in [0.2, 0.25) is 0 Å². The second-order valence-corrected chi connectivity index (χ2v) is 10.3. The molecule has 2 aromatic carbocycles. The van der Waals surface area contributed by atoms with Crippen molar-refractivity contribution in [3.8, 4) is 11.5 Å². The van der Waals surface area contributed by atoms with Crippen LogP contribution in [0.5, 0.6) is 0 Å². The lowest BCUT2D eigenvalue weighted by atomic mass is 10.1. The Morgan fingerprint density at radius 3 is 2.25 bits per heavy atom. The summed E-state index contributed by atoms with van der Waals surface area (Å²) in [5.74, 6) is 0.891. The minimum atomic E-state index is -3.87. The highest BCUT2D eigenvalue weighted by atomic mass is 32.2. The first-order valence-corrected chi connectivity index (χ1v) is 12.3. The summed E-state index contributed by atoms with van der Waals surface area (Å²) in [6, 6.07) is 15.9. The third kappa shape index (κ3) is 3.90. The second-order valence-electron chi connectivity index (χ2n) is 8.40. The molecule has 3 aromatic rings. The maximum atomic E-state index is 13.5. The van der Waals surface area contributed by atoms with E-state index in [1.807, 2.05) is 41.0 Å². The minimum Gasteiger partial charge on any atom is -0.419 e. The van der Waals surface area contributed by atoms with Gasteiger partial charge in [0.15, 0.2) is 0 Å². The fourth-order valence-electron chi connectivity index (χ4n) is 3.92. The third-order valence-electron chi connectivity index (χ3n) is 5.99. The topological polar surface area (TPSA) is 83.7 Å². The molecule has 1 saturated heterocycles. The van der Waals surface area contributed by atoms with Gasteiger partial charge in [-0.25, -0.2) is 8.42 Å². The average molecular weight is 452 g/mol. The highest BCUT2D eigenvalue weighted by molar-refractivity contribution is 7.91. The largest absolute Gasteiger partial charge is 0.419 e. The zero-order chi connectivity index (χ0) is 22.3. The summed E-state index contributed by atoms with van der Waals surface area (Å²) in [6.07, 6.45) is 1.95. The molecule has 2 aliphatic rings. The van der Waals surface area contributed by atoms with E-state index in [1.54, 1.807) is 30.3 Å². The highest BCUT2D eigenvalue weighted by Crippen LogP contribution is 2.36. The molecular weight excluding hydrogens is 426 g/mol. The van der Waals surface area contributed by atoms with Crippen LogP contribution in [0.15, 0.2) is 68.9 Å². The Kier molecular flexibility index (Phi) is 5.25. The number of amides is 1. The van der Waals surface area contributed by atoms with Gasteiger partial charge in [0.05, 0.1) is 4.90 Å². The average Bonchev–Trinajstić information content (AvgIpc) is 3.57. The smallest absolute Gasteiger partial charge is 0.236 e. The van der Waals surface area contributed by atoms with E-state index in [0.717, 1.165) is 18.4 Å². The van der Waals surface area contributed by atoms with Crippen molar-refractivity contribution in [1.82, 2.24) is 9.88 Å². The molecule has 166 valence electrons. The van der Waals surface area contributed by atoms with E-state index < -0.39 is 9.84 Å². The Morgan fingerprint density at radius 2 is 1.62 bits per heavy atom. The zero-order valence-corrected chi connectivity index (χ0v) is 18.7. The monoisotopic (exact) mass is 451 g/mol. The summed E-state index contributed by atoms with van der Waals surface area (Å²) in [6.45, 7) is 4.07. The van der Waals surface area contributed by atoms with Gasteiger partial charge in [-0.05, 0) is 44.0 Å². The van der Waals surface area contributed by atoms with Gasteiger partial charge >= 0.3 is 0 Å². The summed E-state index contributed by atoms with van der Waals surface area (Å²) in [4.78, 5) is 20.8. The lowest BCUT2D eigenvalue weighted by Gasteiger charge is -2.34. The molecule has 0 spiro atoms. The van der Waals surface area contributed by atoms with E-state index in [9.17, 15) is 13.2 Å². The van der Waals surface area contributed by atoms with Crippen molar-refractivity contribution in [3.05, 3.63) is 60.2 Å². The molecule has 0 unspecified atom stereocenters. The van der Waals surface area contributed by atoms with Crippen LogP contribution in [0.3, 0.4) is 0 Å². The molecule has 5 rings (SSSR count). The molecule has 32 heavy (non-hydrogen) atoms. The number of sulfone groups is 1. The summed E-state index contributed by atoms with van der Waals surface area (Å²) in [5.41, 5.74) is 1.81. The van der Waals surface area contributed by atoms with E-state index in [2.05, 4.69) is 4.98 Å². The number of aromatic nitrogens is 1. The van der Waals surface area contributed by atoms with Gasteiger partial charge in [-0.2, -0.15) is 4.98 Å². The number of carbonyl (C=O) groups excluding carboxylic acids is 1. The summed E-state index contributed by atoms with van der Waals surface area (Å²) in [7, 11) is -3.87. The molecule has 0 atom stereocenters. The third-order valence-corrected chi connectivity index (χ3v) is 7.66. The molecule has 1 saturated carbocycles. The first kappa shape index (κ1) is 20.8. The predicted molar refractivity (Wildman–Crippen MR) is 120 cm³/mol. The minimum absolute atomic E-state index is 0.0822. The summed E-state index contributed by atoms with van der Waals surface area (Å²) >= 11 is 0. The van der Waals surface area contributed by atoms with Gasteiger partial charge in [-0.1, -0.05) is 35.9 Å². The van der Waals surface area contributed by atoms with Crippen LogP contribution in [-0.4, -0.2) is 50.4 Å². The molecule has 2 heterocycles. The van der Waals surface area contributed by atoms with Crippen LogP contribution in [0.25, 0.3) is 11.5 Å². The first-order valence-electron chi connectivity index (χ1n) is 10.9. The van der Waals surface area contributed by atoms with Crippen molar-refractivity contribution in [2.75, 3.05) is 31.1 Å². The molecule has 8 heteroatoms. The Morgan fingerprint density at radius 1 is 0.969 bits per heavy atom. The standard InChI is InChI=1S/C24H25N3O4S/c1-17-7-9-18(10-8-17)21-25-22(32(29,30)20-5-3-2-4-6-20)24(31-21)27-15-13-26(14-16-27)23(28)19-11-12-19/h2-10,19H,11-16H2,1H3. The number of piperazine rings is 1. The van der Waals surface area contributed by atoms with E-state index in [0.29, 0.717) is 31.7 Å². The summed E-state index contributed by atoms with van der Waals surface area (Å²) < 4.78 is 33.0. The number of hydrogen-bond donors (Lipinski definition) is 0. The fraction of sp³-hybridized carbons (Fsp3) is 0.333. The maximum absolute atomic E-state index is 13.5. The van der Waals surface area contributed by atoms with Crippen molar-refractivity contribution in [2.24, 2.45) is 5.92 Å². The van der Waals surface area contributed by atoms with E-state index >= 15 is 0 Å². The molecule has 1 aromatic heterocycles. The normalized spacial score (nSPS) is 16.9. The van der Waals surface area contributed by atoms with Crippen LogP contribution in [-0.2, 0) is 14.6 Å². The molecular formula is C24H25N3O4S. The lowest BCUT2D eigenvalue weighted by Crippen LogP contribution is -2.49. The Labute approximate surface area is 187 Å². The molecule has 1 aliphatic heterocycles. The number of nitrogens with zero attached hydrogens (tertiary/aromatic N) is 3. The quantitative estimate of drug-likeness (QED) is 0.590. The van der Waals surface area contributed by atoms with E-state index in [1.165, 1.54) is 0 Å². The first-order chi connectivity index (χ1) is 15.4. The van der Waals surface area contributed by atoms with E-state index in [4.69, 9.17) is 4.42 Å². The Bertz CT molecular complexity index is 1220. The number of rotatable bonds is 5. The highest BCUT2D eigenvalue weighted by Gasteiger charge is 2.37. The number of oxazole rings is 1. The van der Waals surface area contributed by atoms with Gasteiger partial charge < -0.3 is 14.2 Å². The van der Waals surface area contributed by atoms with Crippen molar-refractivity contribution in [3.63, 3.8) is 0 Å². The van der Waals surface area contributed by atoms with Crippen LogP contribution in [0.4, 0.5) is 5.88 Å². The van der Waals surface area contributed by atoms with E-state index in [-0.39, 0.29) is 33.5 Å². The van der Waals surface area contributed by atoms with Gasteiger partial charge in [-0.15, -0.1) is 0 Å². The van der Waals surface area contributed by atoms with Gasteiger partial charge in [0, 0.05) is 37.7 Å². The Balaban J connectivity index is 1.50. The summed E-state index contributed by atoms with van der Waals surface area (Å²) in [5, 5.41) is -0.0822. The molecule has 0 radical (unpaired) electrons.